The van der Waals surface area contributed by atoms with E-state index in [-0.39, 0.29) is 12.5 Å². The zero-order valence-electron chi connectivity index (χ0n) is 20.9. The first-order chi connectivity index (χ1) is 17.6. The van der Waals surface area contributed by atoms with Crippen LogP contribution >= 0.6 is 15.9 Å². The Morgan fingerprint density at radius 2 is 1.62 bits per heavy atom. The minimum Gasteiger partial charge on any atom is -0.457 e. The van der Waals surface area contributed by atoms with E-state index in [1.54, 1.807) is 38.1 Å². The molecule has 0 aliphatic carbocycles. The first-order valence-corrected chi connectivity index (χ1v) is 14.3. The Morgan fingerprint density at radius 3 is 2.22 bits per heavy atom. The van der Waals surface area contributed by atoms with Crippen molar-refractivity contribution in [3.63, 3.8) is 0 Å². The zero-order chi connectivity index (χ0) is 27.0. The molecular formula is C27H30BrN3O5S. The topological polar surface area (TPSA) is 96.0 Å². The average Bonchev–Trinajstić information content (AvgIpc) is 2.86. The van der Waals surface area contributed by atoms with E-state index in [0.717, 1.165) is 20.6 Å². The van der Waals surface area contributed by atoms with Gasteiger partial charge in [-0.05, 0) is 67.9 Å². The predicted octanol–water partition coefficient (Wildman–Crippen LogP) is 4.56. The van der Waals surface area contributed by atoms with Crippen molar-refractivity contribution < 1.29 is 22.7 Å². The molecule has 10 heteroatoms. The Morgan fingerprint density at radius 1 is 0.973 bits per heavy atom. The average molecular weight is 589 g/mol. The van der Waals surface area contributed by atoms with Crippen LogP contribution < -0.4 is 14.4 Å². The molecule has 0 spiro atoms. The molecule has 3 aromatic rings. The number of nitrogens with one attached hydrogen (secondary N) is 1. The molecule has 2 amide bonds. The van der Waals surface area contributed by atoms with E-state index in [4.69, 9.17) is 4.74 Å². The van der Waals surface area contributed by atoms with Crippen molar-refractivity contribution >= 4 is 43.5 Å². The molecule has 0 bridgehead atoms. The highest BCUT2D eigenvalue weighted by Crippen LogP contribution is 2.26. The number of sulfonamides is 1. The zero-order valence-corrected chi connectivity index (χ0v) is 23.3. The van der Waals surface area contributed by atoms with Crippen LogP contribution in [0.2, 0.25) is 0 Å². The van der Waals surface area contributed by atoms with Gasteiger partial charge in [-0.15, -0.1) is 0 Å². The lowest BCUT2D eigenvalue weighted by molar-refractivity contribution is -0.139. The molecule has 37 heavy (non-hydrogen) atoms. The van der Waals surface area contributed by atoms with Crippen molar-refractivity contribution in [1.82, 2.24) is 10.2 Å². The summed E-state index contributed by atoms with van der Waals surface area (Å²) in [7, 11) is -3.82. The summed E-state index contributed by atoms with van der Waals surface area (Å²) in [6.45, 7) is 3.51. The summed E-state index contributed by atoms with van der Waals surface area (Å²) in [5.41, 5.74) is 1.11. The molecule has 0 radical (unpaired) electrons. The fourth-order valence-corrected chi connectivity index (χ4v) is 4.95. The maximum absolute atomic E-state index is 13.5. The number of para-hydroxylation sites is 1. The number of benzene rings is 3. The number of carbonyl (C=O) groups excluding carboxylic acids is 2. The van der Waals surface area contributed by atoms with E-state index < -0.39 is 28.5 Å². The molecule has 0 aliphatic heterocycles. The number of anilines is 1. The SMILES string of the molecule is CCNC(=O)[C@@H](C)N(Cc1cccc(Br)c1)C(=O)CN(c1ccc(Oc2ccccc2)cc1)S(C)(=O)=O. The van der Waals surface area contributed by atoms with Crippen molar-refractivity contribution in [2.75, 3.05) is 23.7 Å². The first-order valence-electron chi connectivity index (χ1n) is 11.7. The number of amides is 2. The van der Waals surface area contributed by atoms with Crippen molar-refractivity contribution in [1.29, 1.82) is 0 Å². The Labute approximate surface area is 226 Å². The Hall–Kier alpha value is -3.37. The minimum absolute atomic E-state index is 0.137. The van der Waals surface area contributed by atoms with Crippen molar-refractivity contribution in [3.8, 4) is 11.5 Å². The summed E-state index contributed by atoms with van der Waals surface area (Å²) < 4.78 is 33.1. The largest absolute Gasteiger partial charge is 0.457 e. The number of hydrogen-bond donors (Lipinski definition) is 1. The molecule has 0 unspecified atom stereocenters. The molecule has 196 valence electrons. The quantitative estimate of drug-likeness (QED) is 0.355. The number of ether oxygens (including phenoxy) is 1. The van der Waals surface area contributed by atoms with E-state index >= 15 is 0 Å². The highest BCUT2D eigenvalue weighted by molar-refractivity contribution is 9.10. The van der Waals surface area contributed by atoms with Crippen LogP contribution in [0, 0.1) is 0 Å². The van der Waals surface area contributed by atoms with Gasteiger partial charge in [0.2, 0.25) is 21.8 Å². The Bertz CT molecular complexity index is 1320. The molecule has 3 rings (SSSR count). The van der Waals surface area contributed by atoms with Crippen molar-refractivity contribution in [2.24, 2.45) is 0 Å². The van der Waals surface area contributed by atoms with Crippen LogP contribution in [0.15, 0.2) is 83.3 Å². The first kappa shape index (κ1) is 28.2. The third-order valence-electron chi connectivity index (χ3n) is 5.54. The minimum atomic E-state index is -3.82. The molecule has 1 atom stereocenters. The van der Waals surface area contributed by atoms with Gasteiger partial charge in [-0.2, -0.15) is 0 Å². The molecule has 0 aliphatic rings. The highest BCUT2D eigenvalue weighted by atomic mass is 79.9. The summed E-state index contributed by atoms with van der Waals surface area (Å²) >= 11 is 3.42. The summed E-state index contributed by atoms with van der Waals surface area (Å²) in [4.78, 5) is 27.5. The molecular weight excluding hydrogens is 558 g/mol. The van der Waals surface area contributed by atoms with Crippen LogP contribution in [0.1, 0.15) is 19.4 Å². The lowest BCUT2D eigenvalue weighted by atomic mass is 10.1. The van der Waals surface area contributed by atoms with E-state index in [0.29, 0.717) is 23.7 Å². The fraction of sp³-hybridized carbons (Fsp3) is 0.259. The molecule has 0 saturated carbocycles. The molecule has 0 saturated heterocycles. The predicted molar refractivity (Wildman–Crippen MR) is 148 cm³/mol. The molecule has 0 fully saturated rings. The lowest BCUT2D eigenvalue weighted by Crippen LogP contribution is -2.51. The molecule has 0 aromatic heterocycles. The number of hydrogen-bond acceptors (Lipinski definition) is 5. The molecule has 3 aromatic carbocycles. The smallest absolute Gasteiger partial charge is 0.244 e. The van der Waals surface area contributed by atoms with Crippen LogP contribution in [0.5, 0.6) is 11.5 Å². The van der Waals surface area contributed by atoms with Crippen LogP contribution in [-0.2, 0) is 26.2 Å². The third-order valence-corrected chi connectivity index (χ3v) is 7.18. The molecule has 8 nitrogen and oxygen atoms in total. The second-order valence-electron chi connectivity index (χ2n) is 8.40. The van der Waals surface area contributed by atoms with Crippen LogP contribution in [0.3, 0.4) is 0 Å². The van der Waals surface area contributed by atoms with Gasteiger partial charge >= 0.3 is 0 Å². The standard InChI is InChI=1S/C27H30BrN3O5S/c1-4-29-27(33)20(2)30(18-21-9-8-10-22(28)17-21)26(32)19-31(37(3,34)35)23-13-15-25(16-14-23)36-24-11-6-5-7-12-24/h5-17,20H,4,18-19H2,1-3H3,(H,29,33)/t20-/m1/s1. The van der Waals surface area contributed by atoms with E-state index in [9.17, 15) is 18.0 Å². The van der Waals surface area contributed by atoms with E-state index in [1.807, 2.05) is 54.6 Å². The number of rotatable bonds is 11. The van der Waals surface area contributed by atoms with E-state index in [2.05, 4.69) is 21.2 Å². The van der Waals surface area contributed by atoms with Crippen molar-refractivity contribution in [3.05, 3.63) is 88.9 Å². The fourth-order valence-electron chi connectivity index (χ4n) is 3.66. The number of halogens is 1. The van der Waals surface area contributed by atoms with Gasteiger partial charge in [-0.25, -0.2) is 8.42 Å². The van der Waals surface area contributed by atoms with Gasteiger partial charge in [0, 0.05) is 17.6 Å². The molecule has 1 N–H and O–H groups in total. The number of carbonyl (C=O) groups is 2. The van der Waals surface area contributed by atoms with Gasteiger partial charge in [0.05, 0.1) is 11.9 Å². The third kappa shape index (κ3) is 8.06. The maximum atomic E-state index is 13.5. The van der Waals surface area contributed by atoms with Crippen LogP contribution in [0.4, 0.5) is 5.69 Å². The Balaban J connectivity index is 1.85. The lowest BCUT2D eigenvalue weighted by Gasteiger charge is -2.31. The van der Waals surface area contributed by atoms with Crippen LogP contribution in [0.25, 0.3) is 0 Å². The summed E-state index contributed by atoms with van der Waals surface area (Å²) in [6.07, 6.45) is 1.04. The normalized spacial score (nSPS) is 11.9. The number of likely N-dealkylation sites (N-methyl/N-ethyl adjacent to an activating group) is 1. The van der Waals surface area contributed by atoms with Crippen molar-refractivity contribution in [2.45, 2.75) is 26.4 Å². The maximum Gasteiger partial charge on any atom is 0.244 e. The second-order valence-corrected chi connectivity index (χ2v) is 11.2. The molecule has 0 heterocycles. The summed E-state index contributed by atoms with van der Waals surface area (Å²) in [6, 6.07) is 22.2. The summed E-state index contributed by atoms with van der Waals surface area (Å²) in [5.74, 6) is 0.344. The highest BCUT2D eigenvalue weighted by Gasteiger charge is 2.30. The van der Waals surface area contributed by atoms with Gasteiger partial charge in [0.1, 0.15) is 24.1 Å². The Kier molecular flexibility index (Phi) is 9.71. The van der Waals surface area contributed by atoms with Gasteiger partial charge in [0.15, 0.2) is 0 Å². The monoisotopic (exact) mass is 587 g/mol. The summed E-state index contributed by atoms with van der Waals surface area (Å²) in [5, 5.41) is 2.73. The second kappa shape index (κ2) is 12.7. The number of nitrogens with zero attached hydrogens (tertiary/aromatic N) is 2. The van der Waals surface area contributed by atoms with Gasteiger partial charge < -0.3 is 15.0 Å². The van der Waals surface area contributed by atoms with Crippen LogP contribution in [-0.4, -0.2) is 50.5 Å². The van der Waals surface area contributed by atoms with Gasteiger partial charge in [0.25, 0.3) is 0 Å². The van der Waals surface area contributed by atoms with Gasteiger partial charge in [-0.3, -0.25) is 13.9 Å². The van der Waals surface area contributed by atoms with Gasteiger partial charge in [-0.1, -0.05) is 46.3 Å². The van der Waals surface area contributed by atoms with E-state index in [1.165, 1.54) is 4.90 Å².